The van der Waals surface area contributed by atoms with Crippen molar-refractivity contribution in [2.45, 2.75) is 0 Å². The quantitative estimate of drug-likeness (QED) is 0.441. The standard InChI is InChI=1S/C20H14INO2/c23-20-17-13-7-8-14-18(17)21(24-20)22-19(15-9-3-1-4-10-15)16-11-5-2-6-12-16/h1-14H. The van der Waals surface area contributed by atoms with Gasteiger partial charge in [-0.3, -0.25) is 0 Å². The molecular weight excluding hydrogens is 413 g/mol. The molecule has 24 heavy (non-hydrogen) atoms. The molecule has 1 heterocycles. The van der Waals surface area contributed by atoms with Gasteiger partial charge < -0.3 is 0 Å². The monoisotopic (exact) mass is 427 g/mol. The van der Waals surface area contributed by atoms with E-state index in [1.807, 2.05) is 84.9 Å². The van der Waals surface area contributed by atoms with Gasteiger partial charge in [0.2, 0.25) is 0 Å². The molecule has 0 aromatic heterocycles. The van der Waals surface area contributed by atoms with E-state index in [1.165, 1.54) is 0 Å². The average molecular weight is 427 g/mol. The summed E-state index contributed by atoms with van der Waals surface area (Å²) in [5.41, 5.74) is 3.60. The Hall–Kier alpha value is -2.47. The van der Waals surface area contributed by atoms with Crippen LogP contribution in [-0.2, 0) is 3.07 Å². The summed E-state index contributed by atoms with van der Waals surface area (Å²) in [5.74, 6) is -0.250. The number of hydrogen-bond donors (Lipinski definition) is 0. The van der Waals surface area contributed by atoms with Gasteiger partial charge in [0.15, 0.2) is 0 Å². The van der Waals surface area contributed by atoms with Gasteiger partial charge in [-0.2, -0.15) is 0 Å². The number of benzene rings is 3. The third kappa shape index (κ3) is 2.85. The number of fused-ring (bicyclic) bond motifs is 1. The van der Waals surface area contributed by atoms with Gasteiger partial charge >= 0.3 is 148 Å². The minimum atomic E-state index is -2.40. The van der Waals surface area contributed by atoms with Gasteiger partial charge in [0.25, 0.3) is 0 Å². The summed E-state index contributed by atoms with van der Waals surface area (Å²) in [7, 11) is 0. The van der Waals surface area contributed by atoms with E-state index in [0.29, 0.717) is 5.56 Å². The van der Waals surface area contributed by atoms with E-state index in [1.54, 1.807) is 0 Å². The van der Waals surface area contributed by atoms with Crippen LogP contribution in [0.3, 0.4) is 0 Å². The van der Waals surface area contributed by atoms with Crippen LogP contribution in [0.2, 0.25) is 0 Å². The minimum absolute atomic E-state index is 0.250. The topological polar surface area (TPSA) is 38.7 Å². The Morgan fingerprint density at radius 3 is 1.92 bits per heavy atom. The molecule has 0 saturated carbocycles. The fraction of sp³-hybridized carbons (Fsp3) is 0. The second-order valence-electron chi connectivity index (χ2n) is 5.24. The molecule has 3 aromatic rings. The fourth-order valence-electron chi connectivity index (χ4n) is 2.51. The Bertz CT molecular complexity index is 866. The van der Waals surface area contributed by atoms with E-state index in [9.17, 15) is 4.79 Å². The molecule has 0 N–H and O–H groups in total. The summed E-state index contributed by atoms with van der Waals surface area (Å²) in [5, 5.41) is 0. The van der Waals surface area contributed by atoms with Crippen LogP contribution in [0.15, 0.2) is 88.1 Å². The molecule has 4 rings (SSSR count). The molecule has 0 bridgehead atoms. The Kier molecular flexibility index (Phi) is 4.13. The zero-order valence-corrected chi connectivity index (χ0v) is 14.9. The number of hydrogen-bond acceptors (Lipinski definition) is 3. The molecule has 0 radical (unpaired) electrons. The van der Waals surface area contributed by atoms with Crippen LogP contribution in [0, 0.1) is 3.57 Å². The third-order valence-electron chi connectivity index (χ3n) is 3.67. The van der Waals surface area contributed by atoms with Crippen molar-refractivity contribution < 1.29 is 7.86 Å². The molecule has 1 aliphatic rings. The van der Waals surface area contributed by atoms with Gasteiger partial charge in [0.05, 0.1) is 0 Å². The van der Waals surface area contributed by atoms with Gasteiger partial charge in [0.1, 0.15) is 0 Å². The summed E-state index contributed by atoms with van der Waals surface area (Å²) in [6.45, 7) is 0. The first kappa shape index (κ1) is 15.1. The Balaban J connectivity index is 1.83. The van der Waals surface area contributed by atoms with Gasteiger partial charge in [-0.25, -0.2) is 0 Å². The van der Waals surface area contributed by atoms with Crippen molar-refractivity contribution in [3.8, 4) is 0 Å². The van der Waals surface area contributed by atoms with Crippen LogP contribution in [0.5, 0.6) is 0 Å². The Morgan fingerprint density at radius 2 is 1.29 bits per heavy atom. The van der Waals surface area contributed by atoms with Crippen molar-refractivity contribution >= 4 is 32.2 Å². The van der Waals surface area contributed by atoms with E-state index < -0.39 is 20.5 Å². The predicted octanol–water partition coefficient (Wildman–Crippen LogP) is 4.90. The molecule has 4 heteroatoms. The Labute approximate surface area is 148 Å². The van der Waals surface area contributed by atoms with E-state index in [-0.39, 0.29) is 5.97 Å². The summed E-state index contributed by atoms with van der Waals surface area (Å²) >= 11 is -2.40. The Morgan fingerprint density at radius 1 is 0.750 bits per heavy atom. The maximum absolute atomic E-state index is 12.1. The molecule has 1 aliphatic heterocycles. The zero-order valence-electron chi connectivity index (χ0n) is 12.7. The number of nitrogens with zero attached hydrogens (tertiary/aromatic N) is 1. The first-order chi connectivity index (χ1) is 11.8. The molecule has 3 nitrogen and oxygen atoms in total. The summed E-state index contributed by atoms with van der Waals surface area (Å²) < 4.78 is 11.5. The zero-order chi connectivity index (χ0) is 16.4. The molecule has 0 atom stereocenters. The molecule has 118 valence electrons. The molecule has 0 spiro atoms. The van der Waals surface area contributed by atoms with Crippen LogP contribution >= 0.6 is 20.5 Å². The second-order valence-corrected chi connectivity index (χ2v) is 8.64. The van der Waals surface area contributed by atoms with E-state index in [2.05, 4.69) is 0 Å². The van der Waals surface area contributed by atoms with Crippen molar-refractivity contribution in [2.75, 3.05) is 0 Å². The number of rotatable bonds is 3. The fourth-order valence-corrected chi connectivity index (χ4v) is 6.13. The van der Waals surface area contributed by atoms with E-state index in [4.69, 9.17) is 6.27 Å². The van der Waals surface area contributed by atoms with Crippen LogP contribution in [0.25, 0.3) is 0 Å². The molecule has 3 aromatic carbocycles. The van der Waals surface area contributed by atoms with Crippen molar-refractivity contribution in [3.63, 3.8) is 0 Å². The summed E-state index contributed by atoms with van der Waals surface area (Å²) in [4.78, 5) is 12.1. The van der Waals surface area contributed by atoms with Crippen LogP contribution in [0.4, 0.5) is 0 Å². The first-order valence-electron chi connectivity index (χ1n) is 7.54. The van der Waals surface area contributed by atoms with Gasteiger partial charge in [-0.05, 0) is 0 Å². The average Bonchev–Trinajstić information content (AvgIpc) is 2.97. The van der Waals surface area contributed by atoms with Crippen molar-refractivity contribution in [1.82, 2.24) is 0 Å². The van der Waals surface area contributed by atoms with Crippen molar-refractivity contribution in [1.29, 1.82) is 0 Å². The SMILES string of the molecule is O=C1OI(N=C(c2ccccc2)c2ccccc2)c2ccccc21. The van der Waals surface area contributed by atoms with Gasteiger partial charge in [-0.1, -0.05) is 0 Å². The van der Waals surface area contributed by atoms with Crippen LogP contribution in [0.1, 0.15) is 21.5 Å². The predicted molar refractivity (Wildman–Crippen MR) is 103 cm³/mol. The molecule has 0 fully saturated rings. The molecule has 0 amide bonds. The van der Waals surface area contributed by atoms with Crippen LogP contribution < -0.4 is 0 Å². The molecule has 0 saturated heterocycles. The third-order valence-corrected chi connectivity index (χ3v) is 7.34. The summed E-state index contributed by atoms with van der Waals surface area (Å²) in [6, 6.07) is 27.6. The second kappa shape index (κ2) is 6.57. The van der Waals surface area contributed by atoms with Crippen LogP contribution in [-0.4, -0.2) is 11.7 Å². The number of halogens is 1. The first-order valence-corrected chi connectivity index (χ1v) is 10.5. The number of carbonyl (C=O) groups is 1. The van der Waals surface area contributed by atoms with Crippen molar-refractivity contribution in [3.05, 3.63) is 105 Å². The summed E-state index contributed by atoms with van der Waals surface area (Å²) in [6.07, 6.45) is 0. The molecule has 0 unspecified atom stereocenters. The van der Waals surface area contributed by atoms with Gasteiger partial charge in [-0.15, -0.1) is 0 Å². The van der Waals surface area contributed by atoms with E-state index >= 15 is 0 Å². The molecular formula is C20H14INO2. The van der Waals surface area contributed by atoms with E-state index in [0.717, 1.165) is 20.4 Å². The normalized spacial score (nSPS) is 14.0. The van der Waals surface area contributed by atoms with Gasteiger partial charge in [0, 0.05) is 0 Å². The van der Waals surface area contributed by atoms with Crippen molar-refractivity contribution in [2.24, 2.45) is 3.21 Å². The number of carbonyl (C=O) groups excluding carboxylic acids is 1. The molecule has 0 aliphatic carbocycles. The maximum atomic E-state index is 12.1.